The summed E-state index contributed by atoms with van der Waals surface area (Å²) in [7, 11) is 1.63. The Morgan fingerprint density at radius 1 is 1.12 bits per heavy atom. The fourth-order valence-electron chi connectivity index (χ4n) is 3.84. The largest absolute Gasteiger partial charge is 0.350 e. The van der Waals surface area contributed by atoms with E-state index in [4.69, 9.17) is 0 Å². The normalized spacial score (nSPS) is 12.3. The van der Waals surface area contributed by atoms with E-state index in [1.165, 1.54) is 16.3 Å². The lowest BCUT2D eigenvalue weighted by Crippen LogP contribution is -2.32. The van der Waals surface area contributed by atoms with Gasteiger partial charge in [0.1, 0.15) is 0 Å². The second-order valence-corrected chi connectivity index (χ2v) is 9.47. The van der Waals surface area contributed by atoms with Crippen molar-refractivity contribution in [3.8, 4) is 0 Å². The zero-order valence-electron chi connectivity index (χ0n) is 19.9. The van der Waals surface area contributed by atoms with Crippen LogP contribution in [0.5, 0.6) is 0 Å². The Morgan fingerprint density at radius 3 is 2.59 bits per heavy atom. The number of ketones is 1. The minimum absolute atomic E-state index is 0.0120. The van der Waals surface area contributed by atoms with Crippen LogP contribution >= 0.6 is 11.8 Å². The van der Waals surface area contributed by atoms with Gasteiger partial charge < -0.3 is 5.32 Å². The minimum Gasteiger partial charge on any atom is -0.350 e. The van der Waals surface area contributed by atoms with Gasteiger partial charge in [0.05, 0.1) is 16.7 Å². The van der Waals surface area contributed by atoms with Crippen molar-refractivity contribution in [2.75, 3.05) is 5.75 Å². The maximum atomic E-state index is 12.9. The molecule has 8 nitrogen and oxygen atoms in total. The number of hydrogen-bond donors (Lipinski definition) is 1. The fraction of sp³-hybridized carbons (Fsp3) is 0.320. The van der Waals surface area contributed by atoms with Crippen LogP contribution in [0.4, 0.5) is 0 Å². The number of fused-ring (bicyclic) bond motifs is 3. The molecule has 176 valence electrons. The van der Waals surface area contributed by atoms with Crippen molar-refractivity contribution in [2.24, 2.45) is 7.05 Å². The van der Waals surface area contributed by atoms with E-state index in [9.17, 15) is 14.4 Å². The average Bonchev–Trinajstić information content (AvgIpc) is 3.24. The summed E-state index contributed by atoms with van der Waals surface area (Å²) in [6.45, 7) is 7.85. The van der Waals surface area contributed by atoms with Crippen molar-refractivity contribution in [1.82, 2.24) is 24.5 Å². The number of aromatic nitrogens is 4. The van der Waals surface area contributed by atoms with Crippen LogP contribution < -0.4 is 10.9 Å². The average molecular weight is 478 g/mol. The molecule has 0 radical (unpaired) electrons. The Morgan fingerprint density at radius 2 is 1.88 bits per heavy atom. The molecule has 0 aliphatic heterocycles. The van der Waals surface area contributed by atoms with Gasteiger partial charge in [0.15, 0.2) is 10.9 Å². The molecule has 0 saturated heterocycles. The Labute approximate surface area is 201 Å². The van der Waals surface area contributed by atoms with E-state index < -0.39 is 0 Å². The monoisotopic (exact) mass is 477 g/mol. The second kappa shape index (κ2) is 9.42. The topological polar surface area (TPSA) is 98.4 Å². The molecule has 2 aromatic carbocycles. The summed E-state index contributed by atoms with van der Waals surface area (Å²) in [6.07, 6.45) is 0.810. The summed E-state index contributed by atoms with van der Waals surface area (Å²) in [5.41, 5.74) is 3.45. The molecule has 9 heteroatoms. The maximum absolute atomic E-state index is 12.9. The van der Waals surface area contributed by atoms with Crippen LogP contribution in [0.25, 0.3) is 16.7 Å². The Balaban J connectivity index is 1.75. The molecule has 0 fully saturated rings. The van der Waals surface area contributed by atoms with Gasteiger partial charge in [-0.3, -0.25) is 23.4 Å². The predicted octanol–water partition coefficient (Wildman–Crippen LogP) is 3.70. The predicted molar refractivity (Wildman–Crippen MR) is 134 cm³/mol. The highest BCUT2D eigenvalue weighted by Gasteiger charge is 2.19. The molecule has 0 saturated carbocycles. The molecule has 1 N–H and O–H groups in total. The number of aryl methyl sites for hydroxylation is 3. The highest BCUT2D eigenvalue weighted by atomic mass is 32.2. The van der Waals surface area contributed by atoms with Gasteiger partial charge in [-0.25, -0.2) is 0 Å². The van der Waals surface area contributed by atoms with E-state index in [1.807, 2.05) is 45.9 Å². The van der Waals surface area contributed by atoms with Gasteiger partial charge >= 0.3 is 0 Å². The lowest BCUT2D eigenvalue weighted by Gasteiger charge is -2.13. The fourth-order valence-corrected chi connectivity index (χ4v) is 4.66. The van der Waals surface area contributed by atoms with Gasteiger partial charge in [-0.2, -0.15) is 0 Å². The van der Waals surface area contributed by atoms with Gasteiger partial charge in [0, 0.05) is 24.2 Å². The summed E-state index contributed by atoms with van der Waals surface area (Å²) in [4.78, 5) is 38.5. The Bertz CT molecular complexity index is 1490. The number of carbonyl (C=O) groups is 2. The highest BCUT2D eigenvalue weighted by molar-refractivity contribution is 7.99. The number of nitrogens with zero attached hydrogens (tertiary/aromatic N) is 4. The number of amides is 1. The highest BCUT2D eigenvalue weighted by Crippen LogP contribution is 2.24. The first-order chi connectivity index (χ1) is 16.2. The van der Waals surface area contributed by atoms with E-state index in [-0.39, 0.29) is 29.0 Å². The molecule has 0 aliphatic carbocycles. The number of hydrogen-bond acceptors (Lipinski definition) is 6. The number of carbonyl (C=O) groups excluding carboxylic acids is 2. The number of thioether (sulfide) groups is 1. The van der Waals surface area contributed by atoms with Crippen LogP contribution in [0.1, 0.15) is 52.1 Å². The first kappa shape index (κ1) is 23.7. The van der Waals surface area contributed by atoms with Crippen molar-refractivity contribution in [3.63, 3.8) is 0 Å². The summed E-state index contributed by atoms with van der Waals surface area (Å²) in [5.74, 6) is 0.293. The van der Waals surface area contributed by atoms with E-state index in [2.05, 4.69) is 15.5 Å². The standard InChI is InChI=1S/C25H27N5O3S/c1-6-16(4)26-22(32)17-8-10-19-20(12-17)30-24(29(5)23(19)33)27-28-25(30)34-13-21(31)18-9-7-14(2)11-15(18)3/h7-12,16H,6,13H2,1-5H3,(H,26,32). The molecule has 1 amide bonds. The molecule has 0 aliphatic rings. The molecule has 0 bridgehead atoms. The summed E-state index contributed by atoms with van der Waals surface area (Å²) in [5, 5.41) is 12.3. The summed E-state index contributed by atoms with van der Waals surface area (Å²) < 4.78 is 3.15. The Hall–Kier alpha value is -3.46. The van der Waals surface area contributed by atoms with Crippen molar-refractivity contribution in [2.45, 2.75) is 45.3 Å². The van der Waals surface area contributed by atoms with Gasteiger partial charge in [-0.05, 0) is 51.0 Å². The maximum Gasteiger partial charge on any atom is 0.262 e. The van der Waals surface area contributed by atoms with Crippen LogP contribution in [0.2, 0.25) is 0 Å². The van der Waals surface area contributed by atoms with Gasteiger partial charge in [-0.15, -0.1) is 10.2 Å². The molecule has 1 unspecified atom stereocenters. The second-order valence-electron chi connectivity index (χ2n) is 8.53. The molecule has 0 spiro atoms. The lowest BCUT2D eigenvalue weighted by molar-refractivity contribution is 0.0938. The molecule has 2 heterocycles. The van der Waals surface area contributed by atoms with Crippen molar-refractivity contribution in [1.29, 1.82) is 0 Å². The molecule has 1 atom stereocenters. The third-order valence-electron chi connectivity index (χ3n) is 5.96. The molecule has 4 rings (SSSR count). The minimum atomic E-state index is -0.230. The van der Waals surface area contributed by atoms with Gasteiger partial charge in [0.2, 0.25) is 5.78 Å². The first-order valence-corrected chi connectivity index (χ1v) is 12.1. The van der Waals surface area contributed by atoms with Crippen molar-refractivity contribution < 1.29 is 9.59 Å². The molecule has 4 aromatic rings. The van der Waals surface area contributed by atoms with E-state index in [0.717, 1.165) is 17.5 Å². The SMILES string of the molecule is CCC(C)NC(=O)c1ccc2c(=O)n(C)c3nnc(SCC(=O)c4ccc(C)cc4C)n3c2c1. The van der Waals surface area contributed by atoms with E-state index >= 15 is 0 Å². The van der Waals surface area contributed by atoms with Crippen LogP contribution in [-0.2, 0) is 7.05 Å². The third kappa shape index (κ3) is 4.35. The lowest BCUT2D eigenvalue weighted by atomic mass is 10.0. The number of benzene rings is 2. The van der Waals surface area contributed by atoms with Crippen molar-refractivity contribution in [3.05, 3.63) is 69.0 Å². The summed E-state index contributed by atoms with van der Waals surface area (Å²) in [6, 6.07) is 10.8. The zero-order valence-corrected chi connectivity index (χ0v) is 20.7. The van der Waals surface area contributed by atoms with Gasteiger partial charge in [0.25, 0.3) is 11.5 Å². The van der Waals surface area contributed by atoms with Crippen LogP contribution in [-0.4, -0.2) is 42.7 Å². The number of nitrogens with one attached hydrogen (secondary N) is 1. The smallest absolute Gasteiger partial charge is 0.262 e. The zero-order chi connectivity index (χ0) is 24.6. The van der Waals surface area contributed by atoms with E-state index in [0.29, 0.717) is 33.0 Å². The molecular formula is C25H27N5O3S. The van der Waals surface area contributed by atoms with Crippen molar-refractivity contribution >= 4 is 40.1 Å². The quantitative estimate of drug-likeness (QED) is 0.322. The van der Waals surface area contributed by atoms with Crippen LogP contribution in [0.3, 0.4) is 0 Å². The number of Topliss-reactive ketones (excluding diaryl/α,β-unsaturated/α-hetero) is 1. The number of rotatable bonds is 7. The van der Waals surface area contributed by atoms with Gasteiger partial charge in [-0.1, -0.05) is 42.4 Å². The third-order valence-corrected chi connectivity index (χ3v) is 6.89. The molecular weight excluding hydrogens is 450 g/mol. The van der Waals surface area contributed by atoms with Crippen LogP contribution in [0.15, 0.2) is 46.3 Å². The molecule has 2 aromatic heterocycles. The van der Waals surface area contributed by atoms with E-state index in [1.54, 1.807) is 29.6 Å². The summed E-state index contributed by atoms with van der Waals surface area (Å²) >= 11 is 1.25. The Kier molecular flexibility index (Phi) is 6.56. The first-order valence-electron chi connectivity index (χ1n) is 11.1. The molecule has 34 heavy (non-hydrogen) atoms. The van der Waals surface area contributed by atoms with Crippen LogP contribution in [0, 0.1) is 13.8 Å².